The quantitative estimate of drug-likeness (QED) is 0.0537. The number of carbonyl (C=O) groups is 2. The monoisotopic (exact) mass is 621 g/mol. The second-order valence-corrected chi connectivity index (χ2v) is 10.3. The van der Waals surface area contributed by atoms with Gasteiger partial charge in [-0.1, -0.05) is 50.0 Å². The molecule has 1 aromatic rings. The Morgan fingerprint density at radius 1 is 1.09 bits per heavy atom. The maximum absolute atomic E-state index is 13.3. The van der Waals surface area contributed by atoms with Crippen LogP contribution in [0.3, 0.4) is 0 Å². The number of alkyl halides is 1. The Kier molecular flexibility index (Phi) is 18.7. The summed E-state index contributed by atoms with van der Waals surface area (Å²) in [6, 6.07) is 0. The number of carbonyl (C=O) groups excluding carboxylic acids is 1. The van der Waals surface area contributed by atoms with Gasteiger partial charge in [0.15, 0.2) is 0 Å². The number of nitrogens with zero attached hydrogens (tertiary/aromatic N) is 5. The molecule has 0 fully saturated rings. The molecule has 9 heteroatoms. The summed E-state index contributed by atoms with van der Waals surface area (Å²) in [6.07, 6.45) is 20.9. The molecule has 0 spiro atoms. The van der Waals surface area contributed by atoms with Crippen LogP contribution in [0.25, 0.3) is 17.7 Å². The number of allylic oxidation sites excluding steroid dienone is 9. The van der Waals surface area contributed by atoms with Crippen molar-refractivity contribution in [1.82, 2.24) is 19.8 Å². The molecule has 0 aliphatic carbocycles. The van der Waals surface area contributed by atoms with E-state index in [0.29, 0.717) is 67.6 Å². The summed E-state index contributed by atoms with van der Waals surface area (Å²) in [7, 11) is 2.00. The number of aliphatic carboxylic acids is 1. The number of aromatic nitrogens is 2. The predicted molar refractivity (Wildman–Crippen MR) is 186 cm³/mol. The van der Waals surface area contributed by atoms with Crippen molar-refractivity contribution < 1.29 is 14.7 Å². The highest BCUT2D eigenvalue weighted by Gasteiger charge is 2.15. The Labute approximate surface area is 268 Å². The number of carboxylic acid groups (broad SMARTS) is 1. The fourth-order valence-corrected chi connectivity index (χ4v) is 4.35. The van der Waals surface area contributed by atoms with E-state index in [4.69, 9.17) is 26.7 Å². The zero-order valence-corrected chi connectivity index (χ0v) is 27.7. The number of unbranched alkanes of at least 4 members (excludes halogenated alkanes) is 1. The lowest BCUT2D eigenvalue weighted by Gasteiger charge is -2.26. The smallest absolute Gasteiger partial charge is 0.303 e. The number of carboxylic acids is 1. The van der Waals surface area contributed by atoms with E-state index in [1.807, 2.05) is 64.3 Å². The zero-order valence-electron chi connectivity index (χ0n) is 26.9. The number of amides is 1. The molecule has 0 saturated carbocycles. The summed E-state index contributed by atoms with van der Waals surface area (Å²) < 4.78 is 0. The molecule has 0 aromatic carbocycles. The normalized spacial score (nSPS) is 12.8. The van der Waals surface area contributed by atoms with Gasteiger partial charge in [-0.3, -0.25) is 14.6 Å². The molecule has 1 amide bonds. The zero-order chi connectivity index (χ0) is 32.9. The lowest BCUT2D eigenvalue weighted by Crippen LogP contribution is -2.36. The fourth-order valence-electron chi connectivity index (χ4n) is 4.26. The lowest BCUT2D eigenvalue weighted by atomic mass is 10.0. The van der Waals surface area contributed by atoms with Crippen LogP contribution in [-0.2, 0) is 16.0 Å². The van der Waals surface area contributed by atoms with Crippen molar-refractivity contribution in [1.29, 1.82) is 0 Å². The molecule has 0 unspecified atom stereocenters. The van der Waals surface area contributed by atoms with Crippen LogP contribution in [0.1, 0.15) is 76.2 Å². The number of hydrogen-bond acceptors (Lipinski definition) is 6. The molecular formula is C35H48ClN5O3. The average molecular weight is 622 g/mol. The fraction of sp³-hybridized carbons (Fsp3) is 0.400. The SMILES string of the molecule is C=C/C=C(\C=C/CCl)c1nc(/C=C\C)c(/C=C/C(=O)N(CC)CCN(C)C(/C=C(/C)N=C)=C/CC)nc1CCCCC(=O)O. The maximum Gasteiger partial charge on any atom is 0.303 e. The highest BCUT2D eigenvalue weighted by molar-refractivity contribution is 6.19. The molecule has 1 heterocycles. The van der Waals surface area contributed by atoms with Gasteiger partial charge in [-0.2, -0.15) is 0 Å². The van der Waals surface area contributed by atoms with Crippen molar-refractivity contribution in [2.45, 2.75) is 59.8 Å². The van der Waals surface area contributed by atoms with Crippen LogP contribution < -0.4 is 0 Å². The van der Waals surface area contributed by atoms with E-state index in [0.717, 1.165) is 23.4 Å². The Morgan fingerprint density at radius 2 is 1.82 bits per heavy atom. The molecule has 0 bridgehead atoms. The van der Waals surface area contributed by atoms with Crippen molar-refractivity contribution in [2.24, 2.45) is 4.99 Å². The van der Waals surface area contributed by atoms with Gasteiger partial charge in [0.05, 0.1) is 22.8 Å². The number of aryl methyl sites for hydroxylation is 1. The first-order valence-electron chi connectivity index (χ1n) is 15.0. The molecule has 0 radical (unpaired) electrons. The van der Waals surface area contributed by atoms with Gasteiger partial charge in [0, 0.05) is 62.0 Å². The summed E-state index contributed by atoms with van der Waals surface area (Å²) in [5, 5.41) is 9.08. The first kappa shape index (κ1) is 38.0. The van der Waals surface area contributed by atoms with Crippen molar-refractivity contribution in [3.63, 3.8) is 0 Å². The van der Waals surface area contributed by atoms with E-state index in [-0.39, 0.29) is 12.3 Å². The van der Waals surface area contributed by atoms with E-state index in [2.05, 4.69) is 36.2 Å². The van der Waals surface area contributed by atoms with Gasteiger partial charge in [0.2, 0.25) is 5.91 Å². The standard InChI is InChI=1S/C35H48ClN5O3/c1-8-15-28(18-14-23-36)35-32(19-12-13-20-34(43)44)38-31(30(39-35)17-10-3)21-22-33(42)41(11-4)25-24-40(7)29(16-9-2)26-27(5)37-6/h8,10,14-18,21-22,26H,1,6,9,11-13,19-20,23-25H2,2-5,7H3,(H,43,44)/b17-10-,18-14-,22-21+,27-26-,28-15+,29-16+. The molecule has 1 rings (SSSR count). The van der Waals surface area contributed by atoms with Crippen LogP contribution in [0.2, 0.25) is 0 Å². The third-order valence-electron chi connectivity index (χ3n) is 6.60. The van der Waals surface area contributed by atoms with E-state index in [1.165, 1.54) is 6.08 Å². The third-order valence-corrected chi connectivity index (χ3v) is 6.78. The van der Waals surface area contributed by atoms with Crippen LogP contribution in [0.15, 0.2) is 71.6 Å². The molecule has 0 atom stereocenters. The van der Waals surface area contributed by atoms with Gasteiger partial charge < -0.3 is 14.9 Å². The second kappa shape index (κ2) is 21.6. The minimum Gasteiger partial charge on any atom is -0.481 e. The van der Waals surface area contributed by atoms with Crippen molar-refractivity contribution in [3.05, 3.63) is 89.4 Å². The minimum atomic E-state index is -0.830. The van der Waals surface area contributed by atoms with Gasteiger partial charge >= 0.3 is 5.97 Å². The number of halogens is 1. The molecular weight excluding hydrogens is 574 g/mol. The number of aliphatic imine (C=N–C) groups is 1. The highest BCUT2D eigenvalue weighted by atomic mass is 35.5. The number of rotatable bonds is 20. The second-order valence-electron chi connectivity index (χ2n) is 9.96. The third kappa shape index (κ3) is 13.5. The summed E-state index contributed by atoms with van der Waals surface area (Å²) in [4.78, 5) is 42.1. The van der Waals surface area contributed by atoms with E-state index < -0.39 is 5.97 Å². The number of likely N-dealkylation sites (N-methyl/N-ethyl adjacent to an activating group) is 2. The average Bonchev–Trinajstić information content (AvgIpc) is 3.00. The van der Waals surface area contributed by atoms with Crippen LogP contribution in [0, 0.1) is 0 Å². The minimum absolute atomic E-state index is 0.0843. The van der Waals surface area contributed by atoms with Crippen molar-refractivity contribution in [2.75, 3.05) is 32.6 Å². The first-order chi connectivity index (χ1) is 21.1. The molecule has 1 aromatic heterocycles. The molecule has 8 nitrogen and oxygen atoms in total. The van der Waals surface area contributed by atoms with Gasteiger partial charge in [-0.25, -0.2) is 9.97 Å². The van der Waals surface area contributed by atoms with Crippen LogP contribution in [0.4, 0.5) is 0 Å². The molecule has 1 N–H and O–H groups in total. The molecule has 0 aliphatic heterocycles. The number of hydrogen-bond donors (Lipinski definition) is 1. The molecule has 238 valence electrons. The van der Waals surface area contributed by atoms with Crippen LogP contribution in [0.5, 0.6) is 0 Å². The summed E-state index contributed by atoms with van der Waals surface area (Å²) in [6.45, 7) is 17.0. The van der Waals surface area contributed by atoms with Crippen LogP contribution in [-0.4, -0.2) is 76.0 Å². The maximum atomic E-state index is 13.3. The lowest BCUT2D eigenvalue weighted by molar-refractivity contribution is -0.137. The Balaban J connectivity index is 3.39. The Morgan fingerprint density at radius 3 is 2.41 bits per heavy atom. The molecule has 0 saturated heterocycles. The first-order valence-corrected chi connectivity index (χ1v) is 15.5. The summed E-state index contributed by atoms with van der Waals surface area (Å²) >= 11 is 5.91. The van der Waals surface area contributed by atoms with Crippen LogP contribution >= 0.6 is 11.6 Å². The van der Waals surface area contributed by atoms with Gasteiger partial charge in [-0.15, -0.1) is 11.6 Å². The Hall–Kier alpha value is -4.04. The van der Waals surface area contributed by atoms with E-state index >= 15 is 0 Å². The largest absolute Gasteiger partial charge is 0.481 e. The van der Waals surface area contributed by atoms with Gasteiger partial charge in [0.25, 0.3) is 0 Å². The van der Waals surface area contributed by atoms with Crippen molar-refractivity contribution >= 4 is 47.9 Å². The molecule has 44 heavy (non-hydrogen) atoms. The van der Waals surface area contributed by atoms with E-state index in [9.17, 15) is 9.59 Å². The predicted octanol–water partition coefficient (Wildman–Crippen LogP) is 7.36. The summed E-state index contributed by atoms with van der Waals surface area (Å²) in [5.74, 6) is -0.620. The summed E-state index contributed by atoms with van der Waals surface area (Å²) in [5.41, 5.74) is 5.22. The van der Waals surface area contributed by atoms with E-state index in [1.54, 1.807) is 17.1 Å². The topological polar surface area (TPSA) is 99.0 Å². The van der Waals surface area contributed by atoms with Crippen molar-refractivity contribution in [3.8, 4) is 0 Å². The highest BCUT2D eigenvalue weighted by Crippen LogP contribution is 2.23. The van der Waals surface area contributed by atoms with Gasteiger partial charge in [-0.05, 0) is 71.4 Å². The molecule has 0 aliphatic rings. The van der Waals surface area contributed by atoms with Gasteiger partial charge in [0.1, 0.15) is 0 Å². The Bertz CT molecular complexity index is 1310.